The van der Waals surface area contributed by atoms with Crippen molar-refractivity contribution in [2.24, 2.45) is 10.5 Å². The van der Waals surface area contributed by atoms with Gasteiger partial charge in [-0.25, -0.2) is 0 Å². The number of hydrogen-bond donors (Lipinski definition) is 1. The minimum absolute atomic E-state index is 0.116. The molecule has 1 unspecified atom stereocenters. The number of aliphatic hydroxyl groups is 1. The Hall–Kier alpha value is -1.50. The SMILES string of the molecule is CCCCC(O)(CN1CN(COC(=O)C(C)(C)C)C=N1)c1ccc(Cl)cc1Cl. The molecule has 1 aliphatic rings. The smallest absolute Gasteiger partial charge is 0.312 e. The number of carbonyl (C=O) groups excluding carboxylic acids is 1. The summed E-state index contributed by atoms with van der Waals surface area (Å²) in [6.07, 6.45) is 3.96. The molecule has 6 nitrogen and oxygen atoms in total. The standard InChI is InChI=1S/C20H29Cl2N3O3/c1-5-6-9-20(27,16-8-7-15(21)10-17(16)22)11-25-13-24(12-23-25)14-28-18(26)19(2,3)4/h7-8,10,12,27H,5-6,9,11,13-14H2,1-4H3. The number of unbranched alkanes of at least 4 members (excludes halogenated alkanes) is 1. The van der Waals surface area contributed by atoms with Crippen LogP contribution in [0.5, 0.6) is 0 Å². The number of β-amino-alcohol motifs (C(OH)–C–C–N with tert-alkyl or cyclic N) is 1. The number of nitrogens with zero attached hydrogens (tertiary/aromatic N) is 3. The van der Waals surface area contributed by atoms with Crippen molar-refractivity contribution in [2.75, 3.05) is 19.9 Å². The zero-order chi connectivity index (χ0) is 20.9. The fourth-order valence-corrected chi connectivity index (χ4v) is 3.47. The van der Waals surface area contributed by atoms with Crippen LogP contribution in [0.15, 0.2) is 23.3 Å². The van der Waals surface area contributed by atoms with Crippen LogP contribution in [0.1, 0.15) is 52.5 Å². The van der Waals surface area contributed by atoms with Gasteiger partial charge in [-0.2, -0.15) is 5.10 Å². The lowest BCUT2D eigenvalue weighted by molar-refractivity contribution is -0.156. The van der Waals surface area contributed by atoms with Crippen LogP contribution in [0.25, 0.3) is 0 Å². The minimum atomic E-state index is -1.16. The lowest BCUT2D eigenvalue weighted by Crippen LogP contribution is -2.41. The Kier molecular flexibility index (Phi) is 7.59. The van der Waals surface area contributed by atoms with E-state index < -0.39 is 11.0 Å². The molecule has 0 aliphatic carbocycles. The topological polar surface area (TPSA) is 65.4 Å². The van der Waals surface area contributed by atoms with E-state index in [1.807, 2.05) is 20.8 Å². The summed E-state index contributed by atoms with van der Waals surface area (Å²) in [5, 5.41) is 18.4. The monoisotopic (exact) mass is 429 g/mol. The second-order valence-electron chi connectivity index (χ2n) is 8.20. The second-order valence-corrected chi connectivity index (χ2v) is 9.04. The van der Waals surface area contributed by atoms with Gasteiger partial charge in [0.05, 0.1) is 12.0 Å². The summed E-state index contributed by atoms with van der Waals surface area (Å²) in [6.45, 7) is 8.30. The Morgan fingerprint density at radius 3 is 2.64 bits per heavy atom. The molecule has 1 aromatic rings. The molecule has 0 fully saturated rings. The molecule has 8 heteroatoms. The van der Waals surface area contributed by atoms with E-state index in [0.29, 0.717) is 28.7 Å². The highest BCUT2D eigenvalue weighted by atomic mass is 35.5. The molecule has 0 radical (unpaired) electrons. The van der Waals surface area contributed by atoms with Crippen LogP contribution in [0.4, 0.5) is 0 Å². The molecule has 0 bridgehead atoms. The lowest BCUT2D eigenvalue weighted by Gasteiger charge is -2.33. The van der Waals surface area contributed by atoms with Crippen LogP contribution < -0.4 is 0 Å². The van der Waals surface area contributed by atoms with Crippen LogP contribution in [-0.2, 0) is 15.1 Å². The summed E-state index contributed by atoms with van der Waals surface area (Å²) in [6, 6.07) is 5.13. The number of hydrazone groups is 1. The number of ether oxygens (including phenoxy) is 1. The van der Waals surface area contributed by atoms with Gasteiger partial charge in [-0.1, -0.05) is 49.0 Å². The fourth-order valence-electron chi connectivity index (χ4n) is 2.89. The van der Waals surface area contributed by atoms with Gasteiger partial charge in [0, 0.05) is 15.6 Å². The first kappa shape index (κ1) is 22.8. The first-order valence-electron chi connectivity index (χ1n) is 9.43. The van der Waals surface area contributed by atoms with Crippen LogP contribution in [-0.4, -0.2) is 47.3 Å². The van der Waals surface area contributed by atoms with E-state index in [1.54, 1.807) is 34.4 Å². The number of halogens is 2. The van der Waals surface area contributed by atoms with E-state index in [1.165, 1.54) is 0 Å². The van der Waals surface area contributed by atoms with Crippen molar-refractivity contribution in [1.29, 1.82) is 0 Å². The van der Waals surface area contributed by atoms with E-state index in [-0.39, 0.29) is 19.2 Å². The maximum atomic E-state index is 11.9. The van der Waals surface area contributed by atoms with Gasteiger partial charge in [-0.05, 0) is 39.3 Å². The van der Waals surface area contributed by atoms with Crippen LogP contribution in [0.2, 0.25) is 10.0 Å². The summed E-state index contributed by atoms with van der Waals surface area (Å²) >= 11 is 12.4. The van der Waals surface area contributed by atoms with Gasteiger partial charge in [0.25, 0.3) is 0 Å². The first-order chi connectivity index (χ1) is 13.0. The number of esters is 1. The third kappa shape index (κ3) is 6.00. The Labute approximate surface area is 177 Å². The second kappa shape index (κ2) is 9.33. The predicted octanol–water partition coefficient (Wildman–Crippen LogP) is 4.44. The van der Waals surface area contributed by atoms with E-state index in [9.17, 15) is 9.90 Å². The molecule has 1 aromatic carbocycles. The van der Waals surface area contributed by atoms with E-state index in [4.69, 9.17) is 27.9 Å². The molecular formula is C20H29Cl2N3O3. The number of carbonyl (C=O) groups is 1. The van der Waals surface area contributed by atoms with Crippen LogP contribution >= 0.6 is 23.2 Å². The molecule has 1 heterocycles. The maximum Gasteiger partial charge on any atom is 0.312 e. The molecule has 0 saturated carbocycles. The van der Waals surface area contributed by atoms with Crippen molar-refractivity contribution in [3.05, 3.63) is 33.8 Å². The predicted molar refractivity (Wildman–Crippen MR) is 112 cm³/mol. The van der Waals surface area contributed by atoms with E-state index in [0.717, 1.165) is 12.8 Å². The van der Waals surface area contributed by atoms with Crippen molar-refractivity contribution in [2.45, 2.75) is 52.6 Å². The Morgan fingerprint density at radius 1 is 1.32 bits per heavy atom. The highest BCUT2D eigenvalue weighted by Crippen LogP contribution is 2.35. The largest absolute Gasteiger partial charge is 0.444 e. The third-order valence-electron chi connectivity index (χ3n) is 4.52. The van der Waals surface area contributed by atoms with Crippen LogP contribution in [0.3, 0.4) is 0 Å². The molecule has 1 atom stereocenters. The zero-order valence-corrected chi connectivity index (χ0v) is 18.4. The van der Waals surface area contributed by atoms with Crippen molar-refractivity contribution < 1.29 is 14.6 Å². The van der Waals surface area contributed by atoms with Gasteiger partial charge < -0.3 is 14.7 Å². The summed E-state index contributed by atoms with van der Waals surface area (Å²) in [7, 11) is 0. The van der Waals surface area contributed by atoms with E-state index in [2.05, 4.69) is 12.0 Å². The summed E-state index contributed by atoms with van der Waals surface area (Å²) in [4.78, 5) is 13.7. The summed E-state index contributed by atoms with van der Waals surface area (Å²) in [5.74, 6) is -0.272. The highest BCUT2D eigenvalue weighted by molar-refractivity contribution is 6.35. The Bertz CT molecular complexity index is 721. The van der Waals surface area contributed by atoms with Gasteiger partial charge in [-0.3, -0.25) is 9.80 Å². The fraction of sp³-hybridized carbons (Fsp3) is 0.600. The molecule has 1 N–H and O–H groups in total. The molecular weight excluding hydrogens is 401 g/mol. The zero-order valence-electron chi connectivity index (χ0n) is 16.9. The van der Waals surface area contributed by atoms with Gasteiger partial charge in [0.2, 0.25) is 0 Å². The molecule has 0 aromatic heterocycles. The van der Waals surface area contributed by atoms with Gasteiger partial charge >= 0.3 is 5.97 Å². The van der Waals surface area contributed by atoms with Crippen molar-refractivity contribution in [3.8, 4) is 0 Å². The van der Waals surface area contributed by atoms with Gasteiger partial charge in [0.15, 0.2) is 6.73 Å². The minimum Gasteiger partial charge on any atom is -0.444 e. The molecule has 28 heavy (non-hydrogen) atoms. The quantitative estimate of drug-likeness (QED) is 0.618. The van der Waals surface area contributed by atoms with Crippen molar-refractivity contribution in [1.82, 2.24) is 9.91 Å². The first-order valence-corrected chi connectivity index (χ1v) is 10.2. The van der Waals surface area contributed by atoms with Crippen molar-refractivity contribution >= 4 is 35.5 Å². The number of benzene rings is 1. The molecule has 0 spiro atoms. The van der Waals surface area contributed by atoms with Gasteiger partial charge in [-0.15, -0.1) is 0 Å². The molecule has 0 amide bonds. The third-order valence-corrected chi connectivity index (χ3v) is 5.07. The molecule has 2 rings (SSSR count). The normalized spacial score (nSPS) is 16.4. The molecule has 156 valence electrons. The lowest BCUT2D eigenvalue weighted by atomic mass is 9.88. The summed E-state index contributed by atoms with van der Waals surface area (Å²) in [5.41, 5.74) is -1.07. The Balaban J connectivity index is 2.04. The van der Waals surface area contributed by atoms with Crippen LogP contribution in [0, 0.1) is 5.41 Å². The maximum absolute atomic E-state index is 11.9. The molecule has 1 aliphatic heterocycles. The highest BCUT2D eigenvalue weighted by Gasteiger charge is 2.34. The van der Waals surface area contributed by atoms with E-state index >= 15 is 0 Å². The average Bonchev–Trinajstić information content (AvgIpc) is 3.04. The molecule has 0 saturated heterocycles. The number of hydrogen-bond acceptors (Lipinski definition) is 6. The van der Waals surface area contributed by atoms with Crippen molar-refractivity contribution in [3.63, 3.8) is 0 Å². The summed E-state index contributed by atoms with van der Waals surface area (Å²) < 4.78 is 5.32. The Morgan fingerprint density at radius 2 is 2.04 bits per heavy atom. The van der Waals surface area contributed by atoms with Gasteiger partial charge in [0.1, 0.15) is 18.6 Å². The number of rotatable bonds is 8. The average molecular weight is 430 g/mol.